The summed E-state index contributed by atoms with van der Waals surface area (Å²) in [6, 6.07) is 23.5. The highest BCUT2D eigenvalue weighted by Gasteiger charge is 2.16. The van der Waals surface area contributed by atoms with Crippen molar-refractivity contribution >= 4 is 51.6 Å². The second-order valence-corrected chi connectivity index (χ2v) is 8.01. The van der Waals surface area contributed by atoms with E-state index >= 15 is 0 Å². The molecule has 0 saturated heterocycles. The molecule has 0 fully saturated rings. The fourth-order valence-electron chi connectivity index (χ4n) is 3.08. The maximum atomic E-state index is 12.9. The Morgan fingerprint density at radius 2 is 1.73 bits per heavy atom. The summed E-state index contributed by atoms with van der Waals surface area (Å²) in [6.45, 7) is 0. The summed E-state index contributed by atoms with van der Waals surface area (Å²) in [5.74, 6) is -0.214. The van der Waals surface area contributed by atoms with Crippen LogP contribution < -0.4 is 5.32 Å². The minimum atomic E-state index is -0.211. The Balaban J connectivity index is 1.51. The molecule has 0 bridgehead atoms. The standard InChI is InChI=1S/C24H17ClN2O2S/c25-18-11-12-20(19(14-18)24(29)17-6-2-1-3-7-17)27-22(28)15-30-21-10-4-8-16-9-5-13-26-23(16)21/h1-14H,15H2,(H,27,28). The third kappa shape index (κ3) is 4.53. The number of benzene rings is 3. The first kappa shape index (κ1) is 20.1. The number of thioether (sulfide) groups is 1. The van der Waals surface area contributed by atoms with Crippen LogP contribution in [0.4, 0.5) is 5.69 Å². The zero-order chi connectivity index (χ0) is 20.9. The second-order valence-electron chi connectivity index (χ2n) is 6.55. The van der Waals surface area contributed by atoms with Gasteiger partial charge in [-0.2, -0.15) is 0 Å². The van der Waals surface area contributed by atoms with E-state index in [1.54, 1.807) is 48.7 Å². The minimum Gasteiger partial charge on any atom is -0.325 e. The molecule has 0 aliphatic heterocycles. The van der Waals surface area contributed by atoms with Gasteiger partial charge < -0.3 is 5.32 Å². The van der Waals surface area contributed by atoms with E-state index in [4.69, 9.17) is 11.6 Å². The highest BCUT2D eigenvalue weighted by molar-refractivity contribution is 8.00. The van der Waals surface area contributed by atoms with E-state index in [2.05, 4.69) is 10.3 Å². The number of halogens is 1. The zero-order valence-electron chi connectivity index (χ0n) is 15.8. The monoisotopic (exact) mass is 432 g/mol. The minimum absolute atomic E-state index is 0.192. The Kier molecular flexibility index (Phi) is 6.12. The molecule has 1 aromatic heterocycles. The van der Waals surface area contributed by atoms with Crippen LogP contribution in [-0.4, -0.2) is 22.4 Å². The molecule has 3 aromatic carbocycles. The maximum absolute atomic E-state index is 12.9. The molecule has 1 N–H and O–H groups in total. The summed E-state index contributed by atoms with van der Waals surface area (Å²) in [5, 5.41) is 4.31. The van der Waals surface area contributed by atoms with E-state index in [9.17, 15) is 9.59 Å². The number of carbonyl (C=O) groups is 2. The van der Waals surface area contributed by atoms with Crippen LogP contribution in [0, 0.1) is 0 Å². The lowest BCUT2D eigenvalue weighted by molar-refractivity contribution is -0.113. The van der Waals surface area contributed by atoms with Gasteiger partial charge in [0.25, 0.3) is 0 Å². The molecule has 6 heteroatoms. The van der Waals surface area contributed by atoms with Crippen LogP contribution >= 0.6 is 23.4 Å². The average Bonchev–Trinajstić information content (AvgIpc) is 2.79. The van der Waals surface area contributed by atoms with Gasteiger partial charge in [0.15, 0.2) is 5.78 Å². The molecule has 4 rings (SSSR count). The van der Waals surface area contributed by atoms with Gasteiger partial charge in [0.05, 0.1) is 17.0 Å². The van der Waals surface area contributed by atoms with E-state index in [1.165, 1.54) is 11.8 Å². The molecule has 0 saturated carbocycles. The van der Waals surface area contributed by atoms with Crippen LogP contribution in [0.2, 0.25) is 5.02 Å². The smallest absolute Gasteiger partial charge is 0.234 e. The Morgan fingerprint density at radius 1 is 0.933 bits per heavy atom. The predicted octanol–water partition coefficient (Wildman–Crippen LogP) is 5.85. The molecular formula is C24H17ClN2O2S. The summed E-state index contributed by atoms with van der Waals surface area (Å²) >= 11 is 7.51. The van der Waals surface area contributed by atoms with Gasteiger partial charge >= 0.3 is 0 Å². The number of fused-ring (bicyclic) bond motifs is 1. The fraction of sp³-hybridized carbons (Fsp3) is 0.0417. The van der Waals surface area contributed by atoms with Crippen LogP contribution in [0.5, 0.6) is 0 Å². The quantitative estimate of drug-likeness (QED) is 0.306. The summed E-state index contributed by atoms with van der Waals surface area (Å²) < 4.78 is 0. The van der Waals surface area contributed by atoms with Crippen LogP contribution in [0.1, 0.15) is 15.9 Å². The van der Waals surface area contributed by atoms with Gasteiger partial charge in [0, 0.05) is 32.6 Å². The Morgan fingerprint density at radius 3 is 2.57 bits per heavy atom. The van der Waals surface area contributed by atoms with Crippen molar-refractivity contribution in [1.29, 1.82) is 0 Å². The number of amides is 1. The number of para-hydroxylation sites is 1. The molecule has 4 aromatic rings. The molecule has 4 nitrogen and oxygen atoms in total. The normalized spacial score (nSPS) is 10.7. The first-order chi connectivity index (χ1) is 14.6. The first-order valence-electron chi connectivity index (χ1n) is 9.27. The lowest BCUT2D eigenvalue weighted by atomic mass is 10.0. The molecule has 30 heavy (non-hydrogen) atoms. The fourth-order valence-corrected chi connectivity index (χ4v) is 4.09. The van der Waals surface area contributed by atoms with Crippen molar-refractivity contribution in [3.8, 4) is 0 Å². The van der Waals surface area contributed by atoms with E-state index in [1.807, 2.05) is 36.4 Å². The van der Waals surface area contributed by atoms with Crippen molar-refractivity contribution in [1.82, 2.24) is 4.98 Å². The molecule has 0 radical (unpaired) electrons. The summed E-state index contributed by atoms with van der Waals surface area (Å²) in [6.07, 6.45) is 1.74. The Bertz CT molecular complexity index is 1220. The van der Waals surface area contributed by atoms with Gasteiger partial charge in [-0.15, -0.1) is 11.8 Å². The average molecular weight is 433 g/mol. The Labute approximate surface area is 183 Å². The van der Waals surface area contributed by atoms with Crippen molar-refractivity contribution in [2.75, 3.05) is 11.1 Å². The number of pyridine rings is 1. The van der Waals surface area contributed by atoms with Crippen LogP contribution in [0.25, 0.3) is 10.9 Å². The maximum Gasteiger partial charge on any atom is 0.234 e. The first-order valence-corrected chi connectivity index (χ1v) is 10.6. The van der Waals surface area contributed by atoms with Crippen molar-refractivity contribution in [2.45, 2.75) is 4.90 Å². The van der Waals surface area contributed by atoms with E-state index in [0.717, 1.165) is 15.8 Å². The molecule has 0 unspecified atom stereocenters. The zero-order valence-corrected chi connectivity index (χ0v) is 17.4. The predicted molar refractivity (Wildman–Crippen MR) is 122 cm³/mol. The third-order valence-electron chi connectivity index (χ3n) is 4.49. The van der Waals surface area contributed by atoms with Crippen LogP contribution in [0.15, 0.2) is 90.0 Å². The molecule has 0 atom stereocenters. The lowest BCUT2D eigenvalue weighted by Crippen LogP contribution is -2.17. The number of nitrogens with one attached hydrogen (secondary N) is 1. The number of hydrogen-bond donors (Lipinski definition) is 1. The highest BCUT2D eigenvalue weighted by atomic mass is 35.5. The molecule has 0 aliphatic carbocycles. The molecule has 1 amide bonds. The largest absolute Gasteiger partial charge is 0.325 e. The number of ketones is 1. The molecule has 0 spiro atoms. The van der Waals surface area contributed by atoms with Crippen molar-refractivity contribution in [2.24, 2.45) is 0 Å². The van der Waals surface area contributed by atoms with Gasteiger partial charge in [0.1, 0.15) is 0 Å². The van der Waals surface area contributed by atoms with Gasteiger partial charge in [-0.25, -0.2) is 0 Å². The number of hydrogen-bond acceptors (Lipinski definition) is 4. The number of nitrogens with zero attached hydrogens (tertiary/aromatic N) is 1. The van der Waals surface area contributed by atoms with Crippen molar-refractivity contribution in [3.63, 3.8) is 0 Å². The third-order valence-corrected chi connectivity index (χ3v) is 5.77. The van der Waals surface area contributed by atoms with E-state index < -0.39 is 0 Å². The number of rotatable bonds is 6. The van der Waals surface area contributed by atoms with Gasteiger partial charge in [-0.05, 0) is 30.3 Å². The molecule has 148 valence electrons. The van der Waals surface area contributed by atoms with Gasteiger partial charge in [-0.3, -0.25) is 14.6 Å². The number of carbonyl (C=O) groups excluding carboxylic acids is 2. The van der Waals surface area contributed by atoms with Gasteiger partial charge in [-0.1, -0.05) is 60.1 Å². The summed E-state index contributed by atoms with van der Waals surface area (Å²) in [4.78, 5) is 30.9. The summed E-state index contributed by atoms with van der Waals surface area (Å²) in [5.41, 5.74) is 2.20. The lowest BCUT2D eigenvalue weighted by Gasteiger charge is -2.11. The van der Waals surface area contributed by atoms with Gasteiger partial charge in [0.2, 0.25) is 5.91 Å². The number of aromatic nitrogens is 1. The van der Waals surface area contributed by atoms with Crippen LogP contribution in [-0.2, 0) is 4.79 Å². The van der Waals surface area contributed by atoms with Crippen molar-refractivity contribution < 1.29 is 9.59 Å². The van der Waals surface area contributed by atoms with E-state index in [0.29, 0.717) is 21.8 Å². The molecule has 0 aliphatic rings. The number of anilines is 1. The van der Waals surface area contributed by atoms with Crippen molar-refractivity contribution in [3.05, 3.63) is 101 Å². The Hall–Kier alpha value is -3.15. The highest BCUT2D eigenvalue weighted by Crippen LogP contribution is 2.27. The SMILES string of the molecule is O=C(CSc1cccc2cccnc12)Nc1ccc(Cl)cc1C(=O)c1ccccc1. The summed E-state index contributed by atoms with van der Waals surface area (Å²) in [7, 11) is 0. The molecular weight excluding hydrogens is 416 g/mol. The van der Waals surface area contributed by atoms with E-state index in [-0.39, 0.29) is 17.4 Å². The van der Waals surface area contributed by atoms with Crippen LogP contribution in [0.3, 0.4) is 0 Å². The second kappa shape index (κ2) is 9.11. The molecule has 1 heterocycles. The topological polar surface area (TPSA) is 59.1 Å².